The SMILES string of the molecule is CCN(C)C(=O)c1ccc(N2CCN(c3nnc(Cc4ccccc4)c4ccccc34)CC2)nc1. The summed E-state index contributed by atoms with van der Waals surface area (Å²) in [6, 6.07) is 22.6. The molecule has 2 aromatic carbocycles. The Labute approximate surface area is 206 Å². The highest BCUT2D eigenvalue weighted by Gasteiger charge is 2.22. The van der Waals surface area contributed by atoms with E-state index < -0.39 is 0 Å². The Hall–Kier alpha value is -4.00. The summed E-state index contributed by atoms with van der Waals surface area (Å²) in [5, 5.41) is 11.6. The first-order valence-electron chi connectivity index (χ1n) is 12.1. The fourth-order valence-corrected chi connectivity index (χ4v) is 4.51. The third kappa shape index (κ3) is 4.80. The number of nitrogens with zero attached hydrogens (tertiary/aromatic N) is 6. The summed E-state index contributed by atoms with van der Waals surface area (Å²) >= 11 is 0. The Morgan fingerprint density at radius 2 is 1.54 bits per heavy atom. The Bertz CT molecular complexity index is 1300. The number of rotatable bonds is 6. The third-order valence-corrected chi connectivity index (χ3v) is 6.68. The zero-order valence-electron chi connectivity index (χ0n) is 20.3. The van der Waals surface area contributed by atoms with Crippen LogP contribution in [0.25, 0.3) is 10.8 Å². The maximum absolute atomic E-state index is 12.3. The van der Waals surface area contributed by atoms with Gasteiger partial charge in [-0.05, 0) is 24.6 Å². The molecule has 5 rings (SSSR count). The number of pyridine rings is 1. The Morgan fingerprint density at radius 1 is 0.857 bits per heavy atom. The smallest absolute Gasteiger partial charge is 0.255 e. The van der Waals surface area contributed by atoms with Crippen LogP contribution in [0.5, 0.6) is 0 Å². The number of piperazine rings is 1. The van der Waals surface area contributed by atoms with Gasteiger partial charge in [0.1, 0.15) is 5.82 Å². The van der Waals surface area contributed by atoms with Gasteiger partial charge >= 0.3 is 0 Å². The van der Waals surface area contributed by atoms with Crippen molar-refractivity contribution in [1.82, 2.24) is 20.1 Å². The van der Waals surface area contributed by atoms with Gasteiger partial charge in [0.05, 0.1) is 11.3 Å². The van der Waals surface area contributed by atoms with E-state index in [1.54, 1.807) is 18.1 Å². The zero-order chi connectivity index (χ0) is 24.2. The molecule has 0 N–H and O–H groups in total. The quantitative estimate of drug-likeness (QED) is 0.427. The van der Waals surface area contributed by atoms with Crippen LogP contribution in [0.3, 0.4) is 0 Å². The highest BCUT2D eigenvalue weighted by molar-refractivity contribution is 5.94. The lowest BCUT2D eigenvalue weighted by molar-refractivity contribution is 0.0802. The van der Waals surface area contributed by atoms with Crippen molar-refractivity contribution in [1.29, 1.82) is 0 Å². The van der Waals surface area contributed by atoms with Gasteiger partial charge in [0.2, 0.25) is 0 Å². The third-order valence-electron chi connectivity index (χ3n) is 6.68. The minimum Gasteiger partial charge on any atom is -0.353 e. The largest absolute Gasteiger partial charge is 0.353 e. The van der Waals surface area contributed by atoms with E-state index in [-0.39, 0.29) is 5.91 Å². The second-order valence-corrected chi connectivity index (χ2v) is 8.88. The van der Waals surface area contributed by atoms with Gasteiger partial charge in [-0.15, -0.1) is 5.10 Å². The molecule has 1 amide bonds. The number of carbonyl (C=O) groups is 1. The lowest BCUT2D eigenvalue weighted by Crippen LogP contribution is -2.47. The minimum atomic E-state index is -0.00228. The maximum atomic E-state index is 12.3. The average molecular weight is 467 g/mol. The van der Waals surface area contributed by atoms with Crippen LogP contribution in [0.4, 0.5) is 11.6 Å². The standard InChI is InChI=1S/C28H30N6O/c1-3-32(2)28(35)22-13-14-26(29-20-22)33-15-17-34(18-16-33)27-24-12-8-7-11-23(24)25(30-31-27)19-21-9-5-4-6-10-21/h4-14,20H,3,15-19H2,1-2H3. The molecule has 1 saturated heterocycles. The van der Waals surface area contributed by atoms with Crippen LogP contribution in [0.15, 0.2) is 72.9 Å². The fraction of sp³-hybridized carbons (Fsp3) is 0.286. The lowest BCUT2D eigenvalue weighted by atomic mass is 10.0. The van der Waals surface area contributed by atoms with Crippen molar-refractivity contribution in [2.75, 3.05) is 49.6 Å². The van der Waals surface area contributed by atoms with E-state index in [0.29, 0.717) is 12.1 Å². The molecule has 1 fully saturated rings. The van der Waals surface area contributed by atoms with Crippen molar-refractivity contribution >= 4 is 28.3 Å². The number of carbonyl (C=O) groups excluding carboxylic acids is 1. The van der Waals surface area contributed by atoms with E-state index >= 15 is 0 Å². The Balaban J connectivity index is 1.30. The van der Waals surface area contributed by atoms with Crippen LogP contribution in [0.2, 0.25) is 0 Å². The van der Waals surface area contributed by atoms with Crippen molar-refractivity contribution in [3.05, 3.63) is 89.7 Å². The molecule has 1 aliphatic rings. The minimum absolute atomic E-state index is 0.00228. The molecular formula is C28H30N6O. The average Bonchev–Trinajstić information content (AvgIpc) is 2.93. The van der Waals surface area contributed by atoms with E-state index in [2.05, 4.69) is 73.5 Å². The number of benzene rings is 2. The summed E-state index contributed by atoms with van der Waals surface area (Å²) in [6.07, 6.45) is 2.45. The van der Waals surface area contributed by atoms with Crippen LogP contribution in [0.1, 0.15) is 28.5 Å². The predicted octanol–water partition coefficient (Wildman–Crippen LogP) is 4.03. The van der Waals surface area contributed by atoms with E-state index in [0.717, 1.165) is 60.7 Å². The molecule has 1 aliphatic heterocycles. The second kappa shape index (κ2) is 10.1. The number of anilines is 2. The maximum Gasteiger partial charge on any atom is 0.255 e. The Kier molecular flexibility index (Phi) is 6.57. The molecule has 0 bridgehead atoms. The molecule has 0 unspecified atom stereocenters. The van der Waals surface area contributed by atoms with Crippen molar-refractivity contribution in [2.45, 2.75) is 13.3 Å². The summed E-state index contributed by atoms with van der Waals surface area (Å²) in [6.45, 7) is 5.96. The normalized spacial score (nSPS) is 13.8. The summed E-state index contributed by atoms with van der Waals surface area (Å²) in [5.74, 6) is 1.83. The summed E-state index contributed by atoms with van der Waals surface area (Å²) < 4.78 is 0. The number of amides is 1. The van der Waals surface area contributed by atoms with Crippen molar-refractivity contribution in [3.8, 4) is 0 Å². The molecule has 178 valence electrons. The molecule has 3 heterocycles. The summed E-state index contributed by atoms with van der Waals surface area (Å²) in [7, 11) is 1.80. The zero-order valence-corrected chi connectivity index (χ0v) is 20.3. The highest BCUT2D eigenvalue weighted by Crippen LogP contribution is 2.28. The molecule has 0 aliphatic carbocycles. The number of hydrogen-bond donors (Lipinski definition) is 0. The molecule has 7 heteroatoms. The summed E-state index contributed by atoms with van der Waals surface area (Å²) in [5.41, 5.74) is 2.85. The van der Waals surface area contributed by atoms with Crippen molar-refractivity contribution in [3.63, 3.8) is 0 Å². The van der Waals surface area contributed by atoms with Crippen LogP contribution in [0, 0.1) is 0 Å². The van der Waals surface area contributed by atoms with Gasteiger partial charge < -0.3 is 14.7 Å². The second-order valence-electron chi connectivity index (χ2n) is 8.88. The fourth-order valence-electron chi connectivity index (χ4n) is 4.51. The number of aromatic nitrogens is 3. The van der Waals surface area contributed by atoms with Gasteiger partial charge in [-0.2, -0.15) is 5.10 Å². The van der Waals surface area contributed by atoms with Gasteiger partial charge in [0.15, 0.2) is 5.82 Å². The first-order chi connectivity index (χ1) is 17.1. The monoisotopic (exact) mass is 466 g/mol. The number of fused-ring (bicyclic) bond motifs is 1. The van der Waals surface area contributed by atoms with Crippen LogP contribution in [-0.4, -0.2) is 65.8 Å². The molecule has 35 heavy (non-hydrogen) atoms. The van der Waals surface area contributed by atoms with E-state index in [1.807, 2.05) is 25.1 Å². The predicted molar refractivity (Wildman–Crippen MR) is 140 cm³/mol. The van der Waals surface area contributed by atoms with Crippen LogP contribution in [-0.2, 0) is 6.42 Å². The first kappa shape index (κ1) is 22.8. The van der Waals surface area contributed by atoms with Gasteiger partial charge in [0, 0.05) is 63.2 Å². The van der Waals surface area contributed by atoms with Gasteiger partial charge in [-0.3, -0.25) is 4.79 Å². The van der Waals surface area contributed by atoms with E-state index in [4.69, 9.17) is 0 Å². The van der Waals surface area contributed by atoms with Gasteiger partial charge in [0.25, 0.3) is 5.91 Å². The molecule has 0 atom stereocenters. The molecule has 0 spiro atoms. The van der Waals surface area contributed by atoms with Gasteiger partial charge in [-0.1, -0.05) is 54.6 Å². The van der Waals surface area contributed by atoms with Crippen LogP contribution < -0.4 is 9.80 Å². The molecular weight excluding hydrogens is 436 g/mol. The molecule has 0 radical (unpaired) electrons. The molecule has 2 aromatic heterocycles. The lowest BCUT2D eigenvalue weighted by Gasteiger charge is -2.36. The number of hydrogen-bond acceptors (Lipinski definition) is 6. The highest BCUT2D eigenvalue weighted by atomic mass is 16.2. The Morgan fingerprint density at radius 3 is 2.23 bits per heavy atom. The van der Waals surface area contributed by atoms with E-state index in [1.165, 1.54) is 5.56 Å². The van der Waals surface area contributed by atoms with Gasteiger partial charge in [-0.25, -0.2) is 4.98 Å². The summed E-state index contributed by atoms with van der Waals surface area (Å²) in [4.78, 5) is 23.2. The van der Waals surface area contributed by atoms with E-state index in [9.17, 15) is 4.79 Å². The first-order valence-corrected chi connectivity index (χ1v) is 12.1. The van der Waals surface area contributed by atoms with Crippen LogP contribution >= 0.6 is 0 Å². The van der Waals surface area contributed by atoms with Crippen molar-refractivity contribution < 1.29 is 4.79 Å². The molecule has 0 saturated carbocycles. The molecule has 4 aromatic rings. The molecule has 7 nitrogen and oxygen atoms in total. The topological polar surface area (TPSA) is 65.5 Å². The van der Waals surface area contributed by atoms with Crippen molar-refractivity contribution in [2.24, 2.45) is 0 Å².